The maximum atomic E-state index is 12.9. The number of aromatic carboxylic acids is 1. The van der Waals surface area contributed by atoms with E-state index in [4.69, 9.17) is 0 Å². The summed E-state index contributed by atoms with van der Waals surface area (Å²) < 4.78 is 76.7. The third-order valence-electron chi connectivity index (χ3n) is 3.88. The number of rotatable bonds is 2. The first-order chi connectivity index (χ1) is 12.5. The molecule has 0 aliphatic rings. The van der Waals surface area contributed by atoms with Gasteiger partial charge in [-0.05, 0) is 30.3 Å². The van der Waals surface area contributed by atoms with Gasteiger partial charge >= 0.3 is 18.3 Å². The molecule has 0 spiro atoms. The smallest absolute Gasteiger partial charge is 0.416 e. The number of benzene rings is 2. The molecule has 0 radical (unpaired) electrons. The molecule has 0 aliphatic heterocycles. The third-order valence-corrected chi connectivity index (χ3v) is 3.88. The lowest BCUT2D eigenvalue weighted by Gasteiger charge is -2.11. The largest absolute Gasteiger partial charge is 0.478 e. The number of carboxylic acids is 1. The lowest BCUT2D eigenvalue weighted by Crippen LogP contribution is -2.06. The minimum atomic E-state index is -4.65. The van der Waals surface area contributed by atoms with E-state index in [0.29, 0.717) is 6.07 Å². The summed E-state index contributed by atoms with van der Waals surface area (Å²) in [7, 11) is 0. The average Bonchev–Trinajstić information content (AvgIpc) is 2.58. The molecule has 0 atom stereocenters. The number of hydrogen-bond donors (Lipinski definition) is 1. The number of halogens is 6. The van der Waals surface area contributed by atoms with E-state index in [1.54, 1.807) is 0 Å². The Morgan fingerprint density at radius 2 is 1.37 bits per heavy atom. The molecule has 3 rings (SSSR count). The van der Waals surface area contributed by atoms with Gasteiger partial charge in [0, 0.05) is 10.9 Å². The molecule has 1 N–H and O–H groups in total. The molecule has 140 valence electrons. The fourth-order valence-corrected chi connectivity index (χ4v) is 2.56. The lowest BCUT2D eigenvalue weighted by molar-refractivity contribution is -0.138. The molecule has 3 aromatic rings. The van der Waals surface area contributed by atoms with Crippen LogP contribution in [0.15, 0.2) is 48.5 Å². The third kappa shape index (κ3) is 3.71. The molecule has 9 heteroatoms. The minimum Gasteiger partial charge on any atom is -0.478 e. The second-order valence-electron chi connectivity index (χ2n) is 5.67. The van der Waals surface area contributed by atoms with E-state index in [0.717, 1.165) is 42.5 Å². The fraction of sp³-hybridized carbons (Fsp3) is 0.111. The first-order valence-electron chi connectivity index (χ1n) is 7.40. The van der Waals surface area contributed by atoms with Gasteiger partial charge in [-0.2, -0.15) is 26.3 Å². The molecule has 3 nitrogen and oxygen atoms in total. The summed E-state index contributed by atoms with van der Waals surface area (Å²) >= 11 is 0. The van der Waals surface area contributed by atoms with Gasteiger partial charge in [0.2, 0.25) is 0 Å². The summed E-state index contributed by atoms with van der Waals surface area (Å²) in [6, 6.07) is 7.29. The number of carbonyl (C=O) groups is 1. The molecule has 0 amide bonds. The highest BCUT2D eigenvalue weighted by Crippen LogP contribution is 2.34. The molecule has 0 aliphatic carbocycles. The zero-order valence-corrected chi connectivity index (χ0v) is 13.2. The van der Waals surface area contributed by atoms with E-state index < -0.39 is 29.4 Å². The molecule has 1 heterocycles. The van der Waals surface area contributed by atoms with Crippen molar-refractivity contribution in [2.24, 2.45) is 0 Å². The van der Waals surface area contributed by atoms with Crippen LogP contribution in [0.4, 0.5) is 26.3 Å². The number of hydrogen-bond acceptors (Lipinski definition) is 2. The van der Waals surface area contributed by atoms with Crippen molar-refractivity contribution in [2.45, 2.75) is 12.4 Å². The van der Waals surface area contributed by atoms with Crippen molar-refractivity contribution in [2.75, 3.05) is 0 Å². The predicted octanol–water partition coefficient (Wildman–Crippen LogP) is 5.64. The maximum Gasteiger partial charge on any atom is 0.416 e. The molecular formula is C18H9F6NO2. The zero-order chi connectivity index (χ0) is 20.0. The fourth-order valence-electron chi connectivity index (χ4n) is 2.56. The van der Waals surface area contributed by atoms with Crippen molar-refractivity contribution in [3.63, 3.8) is 0 Å². The Morgan fingerprint density at radius 1 is 0.815 bits per heavy atom. The van der Waals surface area contributed by atoms with Crippen molar-refractivity contribution >= 4 is 16.9 Å². The van der Waals surface area contributed by atoms with E-state index >= 15 is 0 Å². The summed E-state index contributed by atoms with van der Waals surface area (Å²) in [6.45, 7) is 0. The first-order valence-corrected chi connectivity index (χ1v) is 7.40. The molecule has 0 bridgehead atoms. The van der Waals surface area contributed by atoms with Crippen LogP contribution >= 0.6 is 0 Å². The maximum absolute atomic E-state index is 12.9. The summed E-state index contributed by atoms with van der Waals surface area (Å²) in [5.74, 6) is -1.39. The average molecular weight is 385 g/mol. The van der Waals surface area contributed by atoms with Crippen molar-refractivity contribution in [3.05, 3.63) is 65.2 Å². The van der Waals surface area contributed by atoms with Gasteiger partial charge in [0.25, 0.3) is 0 Å². The van der Waals surface area contributed by atoms with Crippen LogP contribution in [0, 0.1) is 0 Å². The summed E-state index contributed by atoms with van der Waals surface area (Å²) in [6.07, 6.45) is -9.20. The zero-order valence-electron chi connectivity index (χ0n) is 13.2. The van der Waals surface area contributed by atoms with Crippen LogP contribution < -0.4 is 0 Å². The number of alkyl halides is 6. The van der Waals surface area contributed by atoms with Gasteiger partial charge in [0.05, 0.1) is 27.9 Å². The van der Waals surface area contributed by atoms with Crippen LogP contribution in [0.1, 0.15) is 21.5 Å². The van der Waals surface area contributed by atoms with Gasteiger partial charge in [0.1, 0.15) is 0 Å². The minimum absolute atomic E-state index is 0.00818. The Labute approximate surface area is 147 Å². The summed E-state index contributed by atoms with van der Waals surface area (Å²) in [5, 5.41) is 9.33. The van der Waals surface area contributed by atoms with Crippen LogP contribution in [-0.2, 0) is 12.4 Å². The normalized spacial score (nSPS) is 12.4. The van der Waals surface area contributed by atoms with Gasteiger partial charge in [-0.15, -0.1) is 0 Å². The number of nitrogens with zero attached hydrogens (tertiary/aromatic N) is 1. The molecule has 0 fully saturated rings. The molecular weight excluding hydrogens is 376 g/mol. The quantitative estimate of drug-likeness (QED) is 0.581. The number of aromatic nitrogens is 1. The molecule has 0 saturated carbocycles. The number of carboxylic acid groups (broad SMARTS) is 1. The van der Waals surface area contributed by atoms with Gasteiger partial charge in [0.15, 0.2) is 0 Å². The Morgan fingerprint density at radius 3 is 1.89 bits per heavy atom. The van der Waals surface area contributed by atoms with Crippen molar-refractivity contribution in [1.82, 2.24) is 4.98 Å². The van der Waals surface area contributed by atoms with Crippen molar-refractivity contribution in [1.29, 1.82) is 0 Å². The Hall–Kier alpha value is -3.10. The van der Waals surface area contributed by atoms with Crippen LogP contribution in [0.2, 0.25) is 0 Å². The molecule has 1 aromatic heterocycles. The van der Waals surface area contributed by atoms with Crippen LogP contribution in [-0.4, -0.2) is 16.1 Å². The number of pyridine rings is 1. The monoisotopic (exact) mass is 385 g/mol. The Bertz CT molecular complexity index is 1020. The lowest BCUT2D eigenvalue weighted by atomic mass is 10.0. The molecule has 27 heavy (non-hydrogen) atoms. The van der Waals surface area contributed by atoms with Crippen molar-refractivity contribution in [3.8, 4) is 11.3 Å². The van der Waals surface area contributed by atoms with Gasteiger partial charge in [-0.3, -0.25) is 0 Å². The highest BCUT2D eigenvalue weighted by molar-refractivity contribution is 6.03. The summed E-state index contributed by atoms with van der Waals surface area (Å²) in [5.41, 5.74) is -2.35. The van der Waals surface area contributed by atoms with E-state index in [1.165, 1.54) is 0 Å². The van der Waals surface area contributed by atoms with Gasteiger partial charge in [-0.1, -0.05) is 18.2 Å². The van der Waals surface area contributed by atoms with Crippen molar-refractivity contribution < 1.29 is 36.2 Å². The van der Waals surface area contributed by atoms with E-state index in [1.807, 2.05) is 0 Å². The summed E-state index contributed by atoms with van der Waals surface area (Å²) in [4.78, 5) is 15.5. The second kappa shape index (κ2) is 6.26. The van der Waals surface area contributed by atoms with E-state index in [9.17, 15) is 36.2 Å². The van der Waals surface area contributed by atoms with Crippen LogP contribution in [0.3, 0.4) is 0 Å². The predicted molar refractivity (Wildman–Crippen MR) is 84.1 cm³/mol. The molecule has 2 aromatic carbocycles. The Kier molecular flexibility index (Phi) is 4.33. The van der Waals surface area contributed by atoms with E-state index in [-0.39, 0.29) is 27.7 Å². The molecule has 0 saturated heterocycles. The highest BCUT2D eigenvalue weighted by atomic mass is 19.4. The molecule has 0 unspecified atom stereocenters. The number of fused-ring (bicyclic) bond motifs is 1. The second-order valence-corrected chi connectivity index (χ2v) is 5.67. The topological polar surface area (TPSA) is 50.2 Å². The standard InChI is InChI=1S/C18H9F6NO2/c19-17(20,21)10-3-1-9(2-4-10)14-8-13(16(26)27)12-6-5-11(18(22,23)24)7-15(12)25-14/h1-8H,(H,26,27). The van der Waals surface area contributed by atoms with Gasteiger partial charge in [-0.25, -0.2) is 9.78 Å². The van der Waals surface area contributed by atoms with Crippen LogP contribution in [0.25, 0.3) is 22.2 Å². The van der Waals surface area contributed by atoms with E-state index in [2.05, 4.69) is 4.98 Å². The SMILES string of the molecule is O=C(O)c1cc(-c2ccc(C(F)(F)F)cc2)nc2cc(C(F)(F)F)ccc12. The van der Waals surface area contributed by atoms with Crippen LogP contribution in [0.5, 0.6) is 0 Å². The van der Waals surface area contributed by atoms with Gasteiger partial charge < -0.3 is 5.11 Å². The first kappa shape index (κ1) is 18.7. The highest BCUT2D eigenvalue weighted by Gasteiger charge is 2.31. The Balaban J connectivity index is 2.19.